The normalized spacial score (nSPS) is 10.1. The first kappa shape index (κ1) is 12.5. The lowest BCUT2D eigenvalue weighted by atomic mass is 10.2. The molecule has 0 aliphatic heterocycles. The molecular weight excluding hydrogens is 296 g/mol. The smallest absolute Gasteiger partial charge is 0.257 e. The maximum Gasteiger partial charge on any atom is 0.257 e. The number of nitrogens with one attached hydrogen (secondary N) is 1. The Bertz CT molecular complexity index is 563. The van der Waals surface area contributed by atoms with Gasteiger partial charge in [-0.25, -0.2) is 9.97 Å². The molecule has 0 spiro atoms. The molecule has 0 fully saturated rings. The second-order valence-electron chi connectivity index (χ2n) is 3.74. The highest BCUT2D eigenvalue weighted by atomic mass is 79.9. The highest BCUT2D eigenvalue weighted by Crippen LogP contribution is 2.13. The first-order valence-corrected chi connectivity index (χ1v) is 6.01. The van der Waals surface area contributed by atoms with Gasteiger partial charge in [0.2, 0.25) is 0 Å². The van der Waals surface area contributed by atoms with Gasteiger partial charge in [-0.1, -0.05) is 0 Å². The predicted molar refractivity (Wildman–Crippen MR) is 73.3 cm³/mol. The maximum absolute atomic E-state index is 12.0. The summed E-state index contributed by atoms with van der Waals surface area (Å²) >= 11 is 3.28. The molecule has 2 aromatic rings. The van der Waals surface area contributed by atoms with Crippen LogP contribution >= 0.6 is 15.9 Å². The van der Waals surface area contributed by atoms with Gasteiger partial charge in [0.1, 0.15) is 11.6 Å². The molecule has 18 heavy (non-hydrogen) atoms. The molecule has 2 aromatic heterocycles. The van der Waals surface area contributed by atoms with Crippen molar-refractivity contribution < 1.29 is 4.79 Å². The number of nitrogens with two attached hydrogens (primary N) is 1. The molecule has 0 atom stereocenters. The number of hydrogen-bond donors (Lipinski definition) is 2. The van der Waals surface area contributed by atoms with E-state index in [-0.39, 0.29) is 5.91 Å². The quantitative estimate of drug-likeness (QED) is 0.892. The predicted octanol–water partition coefficient (Wildman–Crippen LogP) is 2.38. The van der Waals surface area contributed by atoms with Gasteiger partial charge in [-0.2, -0.15) is 0 Å². The second-order valence-corrected chi connectivity index (χ2v) is 4.65. The van der Waals surface area contributed by atoms with Crippen LogP contribution < -0.4 is 11.1 Å². The number of pyridine rings is 2. The van der Waals surface area contributed by atoms with Crippen LogP contribution in [0.3, 0.4) is 0 Å². The lowest BCUT2D eigenvalue weighted by molar-refractivity contribution is 0.102. The summed E-state index contributed by atoms with van der Waals surface area (Å²) in [6, 6.07) is 6.71. The highest BCUT2D eigenvalue weighted by molar-refractivity contribution is 9.10. The zero-order valence-corrected chi connectivity index (χ0v) is 11.2. The minimum Gasteiger partial charge on any atom is -0.384 e. The van der Waals surface area contributed by atoms with Gasteiger partial charge >= 0.3 is 0 Å². The lowest BCUT2D eigenvalue weighted by Gasteiger charge is -2.05. The fourth-order valence-electron chi connectivity index (χ4n) is 1.46. The number of nitrogens with zero attached hydrogens (tertiary/aromatic N) is 2. The fourth-order valence-corrected chi connectivity index (χ4v) is 1.70. The minimum absolute atomic E-state index is 0.262. The van der Waals surface area contributed by atoms with Crippen molar-refractivity contribution in [2.75, 3.05) is 11.1 Å². The van der Waals surface area contributed by atoms with Crippen molar-refractivity contribution in [2.45, 2.75) is 6.92 Å². The van der Waals surface area contributed by atoms with Crippen LogP contribution in [0, 0.1) is 6.92 Å². The van der Waals surface area contributed by atoms with Crippen molar-refractivity contribution in [3.63, 3.8) is 0 Å². The van der Waals surface area contributed by atoms with E-state index in [1.165, 1.54) is 6.07 Å². The Labute approximate surface area is 113 Å². The van der Waals surface area contributed by atoms with Gasteiger partial charge in [-0.15, -0.1) is 0 Å². The van der Waals surface area contributed by atoms with Crippen molar-refractivity contribution in [1.29, 1.82) is 0 Å². The lowest BCUT2D eigenvalue weighted by Crippen LogP contribution is -2.13. The Balaban J connectivity index is 2.19. The van der Waals surface area contributed by atoms with Crippen LogP contribution in [0.15, 0.2) is 34.9 Å². The fraction of sp³-hybridized carbons (Fsp3) is 0.0833. The molecule has 0 radical (unpaired) electrons. The summed E-state index contributed by atoms with van der Waals surface area (Å²) in [5.74, 6) is 0.544. The Kier molecular flexibility index (Phi) is 3.57. The number of aromatic nitrogens is 2. The number of carbonyl (C=O) groups is 1. The molecule has 3 N–H and O–H groups in total. The van der Waals surface area contributed by atoms with E-state index in [1.807, 2.05) is 0 Å². The summed E-state index contributed by atoms with van der Waals surface area (Å²) in [6.07, 6.45) is 1.61. The summed E-state index contributed by atoms with van der Waals surface area (Å²) in [7, 11) is 0. The number of rotatable bonds is 2. The Morgan fingerprint density at radius 1 is 1.39 bits per heavy atom. The van der Waals surface area contributed by atoms with E-state index in [2.05, 4.69) is 31.2 Å². The van der Waals surface area contributed by atoms with Gasteiger partial charge in [-0.3, -0.25) is 4.79 Å². The molecule has 0 aliphatic rings. The van der Waals surface area contributed by atoms with Crippen LogP contribution in [0.4, 0.5) is 11.6 Å². The van der Waals surface area contributed by atoms with Crippen LogP contribution in [0.25, 0.3) is 0 Å². The second kappa shape index (κ2) is 5.14. The third kappa shape index (κ3) is 3.04. The standard InChI is InChI=1S/C12H11BrN4O/c1-7-4-8(5-10(14)16-7)12(18)17-11-3-2-9(13)6-15-11/h2-6H,1H3,(H2,14,16)(H,15,17,18). The molecule has 2 heterocycles. The molecule has 0 unspecified atom stereocenters. The molecule has 6 heteroatoms. The number of halogens is 1. The average Bonchev–Trinajstić information content (AvgIpc) is 2.31. The van der Waals surface area contributed by atoms with Gasteiger partial charge in [-0.05, 0) is 47.1 Å². The first-order chi connectivity index (χ1) is 8.54. The van der Waals surface area contributed by atoms with E-state index in [9.17, 15) is 4.79 Å². The number of nitrogen functional groups attached to an aromatic ring is 1. The molecule has 0 saturated carbocycles. The van der Waals surface area contributed by atoms with E-state index >= 15 is 0 Å². The number of carbonyl (C=O) groups excluding carboxylic acids is 1. The summed E-state index contributed by atoms with van der Waals surface area (Å²) in [5, 5.41) is 2.69. The van der Waals surface area contributed by atoms with Crippen LogP contribution in [-0.4, -0.2) is 15.9 Å². The topological polar surface area (TPSA) is 80.9 Å². The van der Waals surface area contributed by atoms with Gasteiger partial charge in [0, 0.05) is 21.9 Å². The van der Waals surface area contributed by atoms with Crippen molar-refractivity contribution in [3.05, 3.63) is 46.2 Å². The molecular formula is C12H11BrN4O. The third-order valence-corrected chi connectivity index (χ3v) is 2.67. The number of aryl methyl sites for hydroxylation is 1. The zero-order chi connectivity index (χ0) is 13.1. The summed E-state index contributed by atoms with van der Waals surface area (Å²) in [6.45, 7) is 1.78. The van der Waals surface area contributed by atoms with E-state index in [0.29, 0.717) is 22.9 Å². The van der Waals surface area contributed by atoms with E-state index in [0.717, 1.165) is 4.47 Å². The Hall–Kier alpha value is -1.95. The average molecular weight is 307 g/mol. The third-order valence-electron chi connectivity index (χ3n) is 2.20. The monoisotopic (exact) mass is 306 g/mol. The van der Waals surface area contributed by atoms with Crippen LogP contribution in [0.1, 0.15) is 16.1 Å². The highest BCUT2D eigenvalue weighted by Gasteiger charge is 2.08. The molecule has 1 amide bonds. The number of anilines is 2. The van der Waals surface area contributed by atoms with Crippen LogP contribution in [0.5, 0.6) is 0 Å². The summed E-state index contributed by atoms with van der Waals surface area (Å²) in [4.78, 5) is 20.0. The van der Waals surface area contributed by atoms with Gasteiger partial charge in [0.15, 0.2) is 0 Å². The SMILES string of the molecule is Cc1cc(C(=O)Nc2ccc(Br)cn2)cc(N)n1. The summed E-state index contributed by atoms with van der Waals surface area (Å²) < 4.78 is 0.851. The molecule has 0 aliphatic carbocycles. The minimum atomic E-state index is -0.262. The maximum atomic E-state index is 12.0. The number of amides is 1. The summed E-state index contributed by atoms with van der Waals surface area (Å²) in [5.41, 5.74) is 6.76. The molecule has 0 bridgehead atoms. The zero-order valence-electron chi connectivity index (χ0n) is 9.64. The van der Waals surface area contributed by atoms with Gasteiger partial charge < -0.3 is 11.1 Å². The number of hydrogen-bond acceptors (Lipinski definition) is 4. The van der Waals surface area contributed by atoms with Crippen molar-refractivity contribution in [2.24, 2.45) is 0 Å². The molecule has 0 saturated heterocycles. The largest absolute Gasteiger partial charge is 0.384 e. The molecule has 5 nitrogen and oxygen atoms in total. The molecule has 0 aromatic carbocycles. The van der Waals surface area contributed by atoms with Crippen LogP contribution in [-0.2, 0) is 0 Å². The van der Waals surface area contributed by atoms with Gasteiger partial charge in [0.25, 0.3) is 5.91 Å². The molecule has 2 rings (SSSR count). The Morgan fingerprint density at radius 3 is 2.78 bits per heavy atom. The van der Waals surface area contributed by atoms with Crippen molar-refractivity contribution >= 4 is 33.5 Å². The molecule has 92 valence electrons. The van der Waals surface area contributed by atoms with E-state index in [4.69, 9.17) is 5.73 Å². The Morgan fingerprint density at radius 2 is 2.17 bits per heavy atom. The van der Waals surface area contributed by atoms with E-state index in [1.54, 1.807) is 31.3 Å². The van der Waals surface area contributed by atoms with Crippen molar-refractivity contribution in [3.8, 4) is 0 Å². The van der Waals surface area contributed by atoms with Gasteiger partial charge in [0.05, 0.1) is 0 Å². The first-order valence-electron chi connectivity index (χ1n) is 5.21. The van der Waals surface area contributed by atoms with Crippen LogP contribution in [0.2, 0.25) is 0 Å². The van der Waals surface area contributed by atoms with Crippen molar-refractivity contribution in [1.82, 2.24) is 9.97 Å². The van der Waals surface area contributed by atoms with E-state index < -0.39 is 0 Å².